The molecule has 0 aromatic heterocycles. The maximum Gasteiger partial charge on any atom is 0.320 e. The van der Waals surface area contributed by atoms with Crippen LogP contribution in [0.4, 0.5) is 0 Å². The third-order valence-electron chi connectivity index (χ3n) is 1.43. The van der Waals surface area contributed by atoms with E-state index in [1.807, 2.05) is 22.6 Å². The Hall–Kier alpha value is 0.120. The van der Waals surface area contributed by atoms with Crippen molar-refractivity contribution in [3.63, 3.8) is 0 Å². The van der Waals surface area contributed by atoms with E-state index in [1.165, 1.54) is 0 Å². The van der Waals surface area contributed by atoms with Crippen LogP contribution in [-0.2, 0) is 4.79 Å². The van der Waals surface area contributed by atoms with Crippen LogP contribution in [0.25, 0.3) is 0 Å². The van der Waals surface area contributed by atoms with E-state index in [1.54, 1.807) is 0 Å². The van der Waals surface area contributed by atoms with Crippen LogP contribution in [0.3, 0.4) is 0 Å². The predicted octanol–water partition coefficient (Wildman–Crippen LogP) is -0.443. The Morgan fingerprint density at radius 2 is 2.40 bits per heavy atom. The van der Waals surface area contributed by atoms with Gasteiger partial charge in [-0.05, 0) is 22.6 Å². The van der Waals surface area contributed by atoms with E-state index >= 15 is 0 Å². The fourth-order valence-corrected chi connectivity index (χ4v) is 1.57. The summed E-state index contributed by atoms with van der Waals surface area (Å²) in [5, 5.41) is 20.4. The summed E-state index contributed by atoms with van der Waals surface area (Å²) in [6.45, 7) is 0.352. The molecule has 5 heteroatoms. The molecule has 1 aliphatic rings. The molecule has 0 radical (unpaired) electrons. The summed E-state index contributed by atoms with van der Waals surface area (Å²) in [5.41, 5.74) is 0. The van der Waals surface area contributed by atoms with Crippen molar-refractivity contribution in [1.29, 1.82) is 0 Å². The number of carboxylic acid groups (broad SMARTS) is 1. The quantitative estimate of drug-likeness (QED) is 0.440. The van der Waals surface area contributed by atoms with Gasteiger partial charge in [-0.1, -0.05) is 0 Å². The fourth-order valence-electron chi connectivity index (χ4n) is 0.911. The number of hydrogen-bond donors (Lipinski definition) is 3. The smallest absolute Gasteiger partial charge is 0.320 e. The standard InChI is InChI=1S/C5H8INO3/c6-5(10)1-3(4(8)9)7-2-5/h3,7,10H,1-2H2,(H,8,9). The lowest BCUT2D eigenvalue weighted by atomic mass is 10.2. The van der Waals surface area contributed by atoms with Crippen LogP contribution in [0, 0.1) is 0 Å². The van der Waals surface area contributed by atoms with Crippen molar-refractivity contribution in [2.75, 3.05) is 6.54 Å². The Morgan fingerprint density at radius 3 is 2.60 bits per heavy atom. The summed E-state index contributed by atoms with van der Waals surface area (Å²) in [6.07, 6.45) is 0.281. The lowest BCUT2D eigenvalue weighted by Crippen LogP contribution is -2.30. The topological polar surface area (TPSA) is 69.6 Å². The van der Waals surface area contributed by atoms with Crippen LogP contribution in [0.2, 0.25) is 0 Å². The van der Waals surface area contributed by atoms with E-state index < -0.39 is 15.6 Å². The summed E-state index contributed by atoms with van der Waals surface area (Å²) in [5.74, 6) is -0.896. The SMILES string of the molecule is O=C(O)C1CC(O)(I)CN1. The first-order valence-electron chi connectivity index (χ1n) is 2.89. The predicted molar refractivity (Wildman–Crippen MR) is 43.0 cm³/mol. The van der Waals surface area contributed by atoms with Crippen molar-refractivity contribution in [2.24, 2.45) is 0 Å². The molecular weight excluding hydrogens is 249 g/mol. The summed E-state index contributed by atoms with van der Waals surface area (Å²) in [4.78, 5) is 10.3. The van der Waals surface area contributed by atoms with Gasteiger partial charge in [0.2, 0.25) is 0 Å². The Morgan fingerprint density at radius 1 is 1.80 bits per heavy atom. The Balaban J connectivity index is 2.51. The molecule has 0 aromatic rings. The highest BCUT2D eigenvalue weighted by Crippen LogP contribution is 2.25. The summed E-state index contributed by atoms with van der Waals surface area (Å²) >= 11 is 1.84. The van der Waals surface area contributed by atoms with Gasteiger partial charge in [0, 0.05) is 13.0 Å². The summed E-state index contributed by atoms with van der Waals surface area (Å²) < 4.78 is -0.874. The maximum absolute atomic E-state index is 10.3. The second kappa shape index (κ2) is 2.63. The minimum atomic E-state index is -0.896. The third-order valence-corrected chi connectivity index (χ3v) is 2.26. The molecule has 1 aliphatic heterocycles. The summed E-state index contributed by atoms with van der Waals surface area (Å²) in [6, 6.07) is -0.582. The van der Waals surface area contributed by atoms with E-state index in [9.17, 15) is 9.90 Å². The second-order valence-corrected chi connectivity index (χ2v) is 4.40. The van der Waals surface area contributed by atoms with Crippen LogP contribution in [0.15, 0.2) is 0 Å². The van der Waals surface area contributed by atoms with Gasteiger partial charge in [-0.3, -0.25) is 4.79 Å². The van der Waals surface area contributed by atoms with Crippen LogP contribution >= 0.6 is 22.6 Å². The molecule has 4 nitrogen and oxygen atoms in total. The number of aliphatic hydroxyl groups is 1. The summed E-state index contributed by atoms with van der Waals surface area (Å²) in [7, 11) is 0. The molecule has 1 rings (SSSR count). The van der Waals surface area contributed by atoms with E-state index in [2.05, 4.69) is 5.32 Å². The zero-order valence-electron chi connectivity index (χ0n) is 5.17. The van der Waals surface area contributed by atoms with Crippen LogP contribution in [0.5, 0.6) is 0 Å². The van der Waals surface area contributed by atoms with Crippen molar-refractivity contribution < 1.29 is 15.0 Å². The van der Waals surface area contributed by atoms with E-state index in [0.29, 0.717) is 6.54 Å². The fraction of sp³-hybridized carbons (Fsp3) is 0.800. The number of hydrogen-bond acceptors (Lipinski definition) is 3. The van der Waals surface area contributed by atoms with Gasteiger partial charge >= 0.3 is 5.97 Å². The molecule has 1 heterocycles. The average molecular weight is 257 g/mol. The first-order valence-corrected chi connectivity index (χ1v) is 3.97. The highest BCUT2D eigenvalue weighted by Gasteiger charge is 2.37. The number of rotatable bonds is 1. The number of halogens is 1. The lowest BCUT2D eigenvalue weighted by Gasteiger charge is -2.09. The average Bonchev–Trinajstić information content (AvgIpc) is 2.10. The zero-order valence-corrected chi connectivity index (χ0v) is 7.33. The van der Waals surface area contributed by atoms with Crippen molar-refractivity contribution in [3.8, 4) is 0 Å². The van der Waals surface area contributed by atoms with Gasteiger partial charge in [0.1, 0.15) is 9.65 Å². The van der Waals surface area contributed by atoms with Crippen LogP contribution in [0.1, 0.15) is 6.42 Å². The molecule has 0 aromatic carbocycles. The zero-order chi connectivity index (χ0) is 7.78. The minimum Gasteiger partial charge on any atom is -0.480 e. The first kappa shape index (κ1) is 8.22. The van der Waals surface area contributed by atoms with Gasteiger partial charge in [0.15, 0.2) is 0 Å². The van der Waals surface area contributed by atoms with Crippen molar-refractivity contribution in [3.05, 3.63) is 0 Å². The molecule has 0 aliphatic carbocycles. The lowest BCUT2D eigenvalue weighted by molar-refractivity contribution is -0.139. The first-order chi connectivity index (χ1) is 4.51. The largest absolute Gasteiger partial charge is 0.480 e. The monoisotopic (exact) mass is 257 g/mol. The molecule has 1 fully saturated rings. The Labute approximate surface area is 71.8 Å². The van der Waals surface area contributed by atoms with Gasteiger partial charge in [-0.2, -0.15) is 0 Å². The van der Waals surface area contributed by atoms with E-state index in [4.69, 9.17) is 5.11 Å². The number of aliphatic carboxylic acids is 1. The van der Waals surface area contributed by atoms with E-state index in [0.717, 1.165) is 0 Å². The molecule has 58 valence electrons. The Bertz CT molecular complexity index is 159. The van der Waals surface area contributed by atoms with Gasteiger partial charge in [-0.15, -0.1) is 0 Å². The number of alkyl halides is 1. The van der Waals surface area contributed by atoms with Gasteiger partial charge in [0.05, 0.1) is 0 Å². The molecule has 3 N–H and O–H groups in total. The van der Waals surface area contributed by atoms with Crippen molar-refractivity contribution in [1.82, 2.24) is 5.32 Å². The number of carboxylic acids is 1. The number of β-amino-alcohol motifs (C(OH)–C–C–N with tert-alkyl or cyclic N) is 1. The number of nitrogens with one attached hydrogen (secondary N) is 1. The van der Waals surface area contributed by atoms with Crippen LogP contribution < -0.4 is 5.32 Å². The second-order valence-electron chi connectivity index (χ2n) is 2.39. The van der Waals surface area contributed by atoms with Crippen molar-refractivity contribution >= 4 is 28.6 Å². The molecular formula is C5H8INO3. The highest BCUT2D eigenvalue weighted by molar-refractivity contribution is 14.1. The molecule has 0 amide bonds. The Kier molecular flexibility index (Phi) is 2.16. The highest BCUT2D eigenvalue weighted by atomic mass is 127. The van der Waals surface area contributed by atoms with Crippen LogP contribution in [-0.4, -0.2) is 32.4 Å². The van der Waals surface area contributed by atoms with Crippen molar-refractivity contribution in [2.45, 2.75) is 16.1 Å². The third kappa shape index (κ3) is 1.80. The normalized spacial score (nSPS) is 40.0. The number of carbonyl (C=O) groups is 1. The molecule has 2 atom stereocenters. The molecule has 0 bridgehead atoms. The van der Waals surface area contributed by atoms with Gasteiger partial charge < -0.3 is 15.5 Å². The van der Waals surface area contributed by atoms with Gasteiger partial charge in [0.25, 0.3) is 0 Å². The minimum absolute atomic E-state index is 0.281. The maximum atomic E-state index is 10.3. The van der Waals surface area contributed by atoms with Gasteiger partial charge in [-0.25, -0.2) is 0 Å². The molecule has 0 saturated carbocycles. The van der Waals surface area contributed by atoms with E-state index in [-0.39, 0.29) is 6.42 Å². The molecule has 10 heavy (non-hydrogen) atoms. The molecule has 2 unspecified atom stereocenters. The molecule has 1 saturated heterocycles. The molecule has 0 spiro atoms.